The topological polar surface area (TPSA) is 41.6 Å². The number of nitrogens with one attached hydrogen (secondary N) is 1. The van der Waals surface area contributed by atoms with Gasteiger partial charge in [0.2, 0.25) is 5.91 Å². The molecule has 88 valence electrons. The molecule has 0 aliphatic carbocycles. The summed E-state index contributed by atoms with van der Waals surface area (Å²) < 4.78 is 5.45. The fourth-order valence-corrected chi connectivity index (χ4v) is 1.96. The number of nitrogens with zero attached hydrogens (tertiary/aromatic N) is 1. The number of amides is 1. The second-order valence-corrected chi connectivity index (χ2v) is 4.04. The molecule has 1 rings (SSSR count). The molecule has 1 N–H and O–H groups in total. The summed E-state index contributed by atoms with van der Waals surface area (Å²) in [4.78, 5) is 13.6. The summed E-state index contributed by atoms with van der Waals surface area (Å²) in [6.07, 6.45) is 1.72. The molecule has 1 aliphatic rings. The minimum atomic E-state index is 0.179. The first-order valence-electron chi connectivity index (χ1n) is 5.74. The highest BCUT2D eigenvalue weighted by Gasteiger charge is 2.29. The van der Waals surface area contributed by atoms with Crippen LogP contribution in [0.4, 0.5) is 0 Å². The molecule has 1 fully saturated rings. The van der Waals surface area contributed by atoms with Gasteiger partial charge in [-0.1, -0.05) is 6.92 Å². The van der Waals surface area contributed by atoms with E-state index in [1.807, 2.05) is 25.8 Å². The minimum absolute atomic E-state index is 0.179. The summed E-state index contributed by atoms with van der Waals surface area (Å²) in [6, 6.07) is 0.263. The second kappa shape index (κ2) is 6.08. The fourth-order valence-electron chi connectivity index (χ4n) is 1.96. The molecule has 0 radical (unpaired) electrons. The molecule has 4 nitrogen and oxygen atoms in total. The molecule has 0 aromatic rings. The van der Waals surface area contributed by atoms with Crippen LogP contribution in [0.5, 0.6) is 0 Å². The van der Waals surface area contributed by atoms with E-state index >= 15 is 0 Å². The van der Waals surface area contributed by atoms with Crippen LogP contribution in [0, 0.1) is 0 Å². The van der Waals surface area contributed by atoms with E-state index in [4.69, 9.17) is 4.74 Å². The lowest BCUT2D eigenvalue weighted by Gasteiger charge is -2.26. The van der Waals surface area contributed by atoms with Crippen molar-refractivity contribution in [3.05, 3.63) is 0 Å². The van der Waals surface area contributed by atoms with E-state index < -0.39 is 0 Å². The normalized spacial score (nSPS) is 25.5. The van der Waals surface area contributed by atoms with Gasteiger partial charge in [-0.05, 0) is 19.9 Å². The Morgan fingerprint density at radius 3 is 2.87 bits per heavy atom. The first kappa shape index (κ1) is 12.5. The van der Waals surface area contributed by atoms with Crippen LogP contribution in [-0.4, -0.2) is 49.7 Å². The Hall–Kier alpha value is -0.610. The van der Waals surface area contributed by atoms with Gasteiger partial charge in [-0.3, -0.25) is 4.79 Å². The van der Waals surface area contributed by atoms with Gasteiger partial charge in [0.1, 0.15) is 0 Å². The Morgan fingerprint density at radius 2 is 2.33 bits per heavy atom. The third kappa shape index (κ3) is 3.47. The molecule has 2 atom stereocenters. The van der Waals surface area contributed by atoms with Crippen molar-refractivity contribution in [3.8, 4) is 0 Å². The van der Waals surface area contributed by atoms with Gasteiger partial charge in [0, 0.05) is 26.6 Å². The first-order chi connectivity index (χ1) is 7.16. The van der Waals surface area contributed by atoms with E-state index in [0.717, 1.165) is 26.1 Å². The Balaban J connectivity index is 2.31. The number of likely N-dealkylation sites (N-methyl/N-ethyl adjacent to an activating group) is 1. The first-order valence-corrected chi connectivity index (χ1v) is 5.74. The van der Waals surface area contributed by atoms with Crippen LogP contribution in [-0.2, 0) is 9.53 Å². The molecule has 0 aromatic heterocycles. The monoisotopic (exact) mass is 214 g/mol. The highest BCUT2D eigenvalue weighted by molar-refractivity contribution is 5.76. The second-order valence-electron chi connectivity index (χ2n) is 4.04. The summed E-state index contributed by atoms with van der Waals surface area (Å²) >= 11 is 0. The van der Waals surface area contributed by atoms with Gasteiger partial charge in [0.05, 0.1) is 12.1 Å². The maximum atomic E-state index is 11.8. The molecule has 1 amide bonds. The highest BCUT2D eigenvalue weighted by atomic mass is 16.5. The van der Waals surface area contributed by atoms with Crippen molar-refractivity contribution in [2.45, 2.75) is 38.8 Å². The zero-order chi connectivity index (χ0) is 11.3. The number of carbonyl (C=O) groups is 1. The lowest BCUT2D eigenvalue weighted by molar-refractivity contribution is -0.132. The third-order valence-electron chi connectivity index (χ3n) is 2.99. The van der Waals surface area contributed by atoms with Crippen LogP contribution in [0.2, 0.25) is 0 Å². The molecule has 0 spiro atoms. The lowest BCUT2D eigenvalue weighted by atomic mass is 10.1. The highest BCUT2D eigenvalue weighted by Crippen LogP contribution is 2.18. The maximum Gasteiger partial charge on any atom is 0.223 e. The molecule has 1 aliphatic heterocycles. The van der Waals surface area contributed by atoms with Crippen molar-refractivity contribution in [3.63, 3.8) is 0 Å². The summed E-state index contributed by atoms with van der Waals surface area (Å²) in [5.41, 5.74) is 0. The van der Waals surface area contributed by atoms with Crippen LogP contribution in [0.1, 0.15) is 26.7 Å². The number of hydrogen-bond acceptors (Lipinski definition) is 3. The van der Waals surface area contributed by atoms with Crippen LogP contribution >= 0.6 is 0 Å². The molecule has 0 bridgehead atoms. The summed E-state index contributed by atoms with van der Waals surface area (Å²) in [5.74, 6) is 0.207. The standard InChI is InChI=1S/C11H22N2O2/c1-4-12-7-5-11(14)13(3)10-6-8-15-9(10)2/h9-10,12H,4-8H2,1-3H3. The van der Waals surface area contributed by atoms with Crippen molar-refractivity contribution in [2.24, 2.45) is 0 Å². The van der Waals surface area contributed by atoms with E-state index in [1.165, 1.54) is 0 Å². The molecule has 1 saturated heterocycles. The van der Waals surface area contributed by atoms with E-state index in [9.17, 15) is 4.79 Å². The van der Waals surface area contributed by atoms with Gasteiger partial charge < -0.3 is 15.0 Å². The predicted octanol–water partition coefficient (Wildman–Crippen LogP) is 0.622. The van der Waals surface area contributed by atoms with Gasteiger partial charge in [-0.2, -0.15) is 0 Å². The van der Waals surface area contributed by atoms with E-state index in [1.54, 1.807) is 0 Å². The summed E-state index contributed by atoms with van der Waals surface area (Å²) in [5, 5.41) is 3.16. The van der Waals surface area contributed by atoms with Crippen molar-refractivity contribution < 1.29 is 9.53 Å². The molecule has 2 unspecified atom stereocenters. The van der Waals surface area contributed by atoms with Gasteiger partial charge in [0.25, 0.3) is 0 Å². The number of ether oxygens (including phenoxy) is 1. The van der Waals surface area contributed by atoms with Crippen molar-refractivity contribution in [1.29, 1.82) is 0 Å². The Labute approximate surface area is 92.0 Å². The predicted molar refractivity (Wildman–Crippen MR) is 59.7 cm³/mol. The zero-order valence-corrected chi connectivity index (χ0v) is 9.95. The molecule has 1 heterocycles. The van der Waals surface area contributed by atoms with Gasteiger partial charge in [-0.25, -0.2) is 0 Å². The van der Waals surface area contributed by atoms with Gasteiger partial charge in [0.15, 0.2) is 0 Å². The number of hydrogen-bond donors (Lipinski definition) is 1. The number of carbonyl (C=O) groups excluding carboxylic acids is 1. The van der Waals surface area contributed by atoms with Crippen LogP contribution < -0.4 is 5.32 Å². The fraction of sp³-hybridized carbons (Fsp3) is 0.909. The maximum absolute atomic E-state index is 11.8. The van der Waals surface area contributed by atoms with E-state index in [2.05, 4.69) is 5.32 Å². The Morgan fingerprint density at radius 1 is 1.60 bits per heavy atom. The minimum Gasteiger partial charge on any atom is -0.376 e. The average molecular weight is 214 g/mol. The largest absolute Gasteiger partial charge is 0.376 e. The summed E-state index contributed by atoms with van der Waals surface area (Å²) in [7, 11) is 1.88. The smallest absolute Gasteiger partial charge is 0.223 e. The van der Waals surface area contributed by atoms with Crippen LogP contribution in [0.25, 0.3) is 0 Å². The quantitative estimate of drug-likeness (QED) is 0.682. The zero-order valence-electron chi connectivity index (χ0n) is 9.95. The average Bonchev–Trinajstić information content (AvgIpc) is 2.63. The molecule has 15 heavy (non-hydrogen) atoms. The molecule has 0 aromatic carbocycles. The van der Waals surface area contributed by atoms with Gasteiger partial charge in [-0.15, -0.1) is 0 Å². The van der Waals surface area contributed by atoms with Crippen LogP contribution in [0.3, 0.4) is 0 Å². The van der Waals surface area contributed by atoms with Crippen molar-refractivity contribution >= 4 is 5.91 Å². The summed E-state index contributed by atoms with van der Waals surface area (Å²) in [6.45, 7) is 6.53. The lowest BCUT2D eigenvalue weighted by Crippen LogP contribution is -2.41. The van der Waals surface area contributed by atoms with Crippen molar-refractivity contribution in [2.75, 3.05) is 26.7 Å². The van der Waals surface area contributed by atoms with E-state index in [-0.39, 0.29) is 18.1 Å². The molecular formula is C11H22N2O2. The molecular weight excluding hydrogens is 192 g/mol. The third-order valence-corrected chi connectivity index (χ3v) is 2.99. The van der Waals surface area contributed by atoms with Gasteiger partial charge >= 0.3 is 0 Å². The number of rotatable bonds is 5. The molecule has 0 saturated carbocycles. The Bertz CT molecular complexity index is 209. The SMILES string of the molecule is CCNCCC(=O)N(C)C1CCOC1C. The van der Waals surface area contributed by atoms with Crippen molar-refractivity contribution in [1.82, 2.24) is 10.2 Å². The molecule has 4 heteroatoms. The van der Waals surface area contributed by atoms with Crippen LogP contribution in [0.15, 0.2) is 0 Å². The van der Waals surface area contributed by atoms with E-state index in [0.29, 0.717) is 6.42 Å². The Kier molecular flexibility index (Phi) is 5.05.